The van der Waals surface area contributed by atoms with Gasteiger partial charge in [-0.1, -0.05) is 19.4 Å². The molecule has 2 aliphatic carbocycles. The lowest BCUT2D eigenvalue weighted by Gasteiger charge is -2.54. The van der Waals surface area contributed by atoms with E-state index in [-0.39, 0.29) is 17.6 Å². The number of benzene rings is 1. The first-order valence-corrected chi connectivity index (χ1v) is 10.5. The van der Waals surface area contributed by atoms with Crippen molar-refractivity contribution >= 4 is 16.1 Å². The Morgan fingerprint density at radius 3 is 2.50 bits per heavy atom. The number of methoxy groups -OCH3 is 1. The molecule has 0 aromatic heterocycles. The Morgan fingerprint density at radius 2 is 1.89 bits per heavy atom. The molecule has 0 heterocycles. The van der Waals surface area contributed by atoms with E-state index in [2.05, 4.69) is 4.18 Å². The van der Waals surface area contributed by atoms with Crippen molar-refractivity contribution in [2.75, 3.05) is 7.11 Å². The summed E-state index contributed by atoms with van der Waals surface area (Å²) in [4.78, 5) is 12.5. The molecular weight excluding hydrogens is 397 g/mol. The highest BCUT2D eigenvalue weighted by Crippen LogP contribution is 2.58. The minimum absolute atomic E-state index is 0.0665. The molecule has 0 saturated heterocycles. The van der Waals surface area contributed by atoms with E-state index in [0.29, 0.717) is 12.8 Å². The van der Waals surface area contributed by atoms with Gasteiger partial charge in [-0.25, -0.2) is 0 Å². The highest BCUT2D eigenvalue weighted by molar-refractivity contribution is 7.88. The van der Waals surface area contributed by atoms with Gasteiger partial charge in [0.1, 0.15) is 5.75 Å². The van der Waals surface area contributed by atoms with E-state index in [9.17, 15) is 26.4 Å². The number of fused-ring (bicyclic) bond motifs is 3. The molecule has 156 valence electrons. The van der Waals surface area contributed by atoms with E-state index in [1.165, 1.54) is 19.2 Å². The number of ether oxygens (including phenoxy) is 1. The molecule has 9 heteroatoms. The average molecular weight is 420 g/mol. The Kier molecular flexibility index (Phi) is 4.97. The molecule has 1 fully saturated rings. The monoisotopic (exact) mass is 420 g/mol. The fraction of sp³-hybridized carbons (Fsp3) is 0.632. The zero-order chi connectivity index (χ0) is 21.0. The topological polar surface area (TPSA) is 69.7 Å². The first kappa shape index (κ1) is 21.0. The molecule has 0 bridgehead atoms. The summed E-state index contributed by atoms with van der Waals surface area (Å²) in [7, 11) is -4.39. The lowest BCUT2D eigenvalue weighted by Crippen LogP contribution is -2.52. The molecule has 1 aromatic carbocycles. The molecule has 2 aliphatic rings. The molecule has 1 aromatic rings. The number of carbonyl (C=O) groups is 1. The zero-order valence-corrected chi connectivity index (χ0v) is 16.7. The second kappa shape index (κ2) is 6.64. The van der Waals surface area contributed by atoms with Crippen LogP contribution in [0, 0.1) is 11.3 Å². The van der Waals surface area contributed by atoms with Crippen LogP contribution in [0.1, 0.15) is 50.7 Å². The van der Waals surface area contributed by atoms with Gasteiger partial charge in [0.05, 0.1) is 12.5 Å². The Bertz CT molecular complexity index is 895. The molecule has 0 aliphatic heterocycles. The summed E-state index contributed by atoms with van der Waals surface area (Å²) < 4.78 is 70.1. The number of alkyl halides is 3. The van der Waals surface area contributed by atoms with Crippen LogP contribution in [0.3, 0.4) is 0 Å². The highest BCUT2D eigenvalue weighted by Gasteiger charge is 2.56. The quantitative estimate of drug-likeness (QED) is 0.418. The first-order valence-electron chi connectivity index (χ1n) is 9.08. The summed E-state index contributed by atoms with van der Waals surface area (Å²) >= 11 is 0. The lowest BCUT2D eigenvalue weighted by molar-refractivity contribution is -0.161. The summed E-state index contributed by atoms with van der Waals surface area (Å²) in [5, 5.41) is 0. The van der Waals surface area contributed by atoms with Crippen LogP contribution in [-0.4, -0.2) is 27.0 Å². The Balaban J connectivity index is 2.04. The average Bonchev–Trinajstić information content (AvgIpc) is 2.60. The fourth-order valence-electron chi connectivity index (χ4n) is 5.14. The van der Waals surface area contributed by atoms with Crippen molar-refractivity contribution in [2.24, 2.45) is 11.3 Å². The zero-order valence-electron chi connectivity index (χ0n) is 15.9. The summed E-state index contributed by atoms with van der Waals surface area (Å²) in [6, 6.07) is 4.24. The number of carbonyl (C=O) groups excluding carboxylic acids is 1. The van der Waals surface area contributed by atoms with Crippen LogP contribution in [0.15, 0.2) is 18.2 Å². The van der Waals surface area contributed by atoms with Crippen LogP contribution in [-0.2, 0) is 31.5 Å². The predicted octanol–water partition coefficient (Wildman–Crippen LogP) is 4.10. The summed E-state index contributed by atoms with van der Waals surface area (Å²) in [6.45, 7) is 3.86. The first-order chi connectivity index (χ1) is 12.8. The molecule has 28 heavy (non-hydrogen) atoms. The molecule has 0 radical (unpaired) electrons. The van der Waals surface area contributed by atoms with E-state index in [4.69, 9.17) is 4.74 Å². The molecule has 1 saturated carbocycles. The standard InChI is InChI=1S/C19H23F3O5S/c1-17-9-4-10-18(2,16(23)26-3)15(17)8-6-12-5-7-13(11-14(12)17)27-28(24,25)19(20,21)22/h5,7,11,15H,4,6,8-10H2,1-3H3/t15?,17-,18?/m1/s1. The molecule has 0 spiro atoms. The molecule has 3 atom stereocenters. The Hall–Kier alpha value is -1.77. The molecule has 5 nitrogen and oxygen atoms in total. The van der Waals surface area contributed by atoms with Gasteiger partial charge in [-0.15, -0.1) is 0 Å². The molecule has 3 rings (SSSR count). The second-order valence-corrected chi connectivity index (χ2v) is 9.61. The van der Waals surface area contributed by atoms with Crippen molar-refractivity contribution < 1.29 is 35.3 Å². The molecule has 0 N–H and O–H groups in total. The molecule has 2 unspecified atom stereocenters. The number of hydrogen-bond acceptors (Lipinski definition) is 5. The Labute approximate surface area is 162 Å². The number of hydrogen-bond donors (Lipinski definition) is 0. The normalized spacial score (nSPS) is 30.1. The van der Waals surface area contributed by atoms with Crippen molar-refractivity contribution in [2.45, 2.75) is 56.9 Å². The van der Waals surface area contributed by atoms with E-state index in [1.54, 1.807) is 6.07 Å². The third-order valence-corrected chi connectivity index (χ3v) is 7.45. The van der Waals surface area contributed by atoms with Crippen LogP contribution in [0.4, 0.5) is 13.2 Å². The van der Waals surface area contributed by atoms with Crippen LogP contribution in [0.2, 0.25) is 0 Å². The predicted molar refractivity (Wildman–Crippen MR) is 95.2 cm³/mol. The van der Waals surface area contributed by atoms with Gasteiger partial charge in [-0.05, 0) is 67.2 Å². The number of aryl methyl sites for hydroxylation is 1. The van der Waals surface area contributed by atoms with Gasteiger partial charge in [-0.3, -0.25) is 4.79 Å². The SMILES string of the molecule is COC(=O)C1(C)CCC[C@]2(C)c3cc(OS(=O)(=O)C(F)(F)F)ccc3CCC12. The second-order valence-electron chi connectivity index (χ2n) is 8.07. The largest absolute Gasteiger partial charge is 0.534 e. The maximum absolute atomic E-state index is 12.7. The van der Waals surface area contributed by atoms with Crippen molar-refractivity contribution in [1.82, 2.24) is 0 Å². The smallest absolute Gasteiger partial charge is 0.469 e. The number of esters is 1. The Morgan fingerprint density at radius 1 is 1.21 bits per heavy atom. The van der Waals surface area contributed by atoms with Gasteiger partial charge >= 0.3 is 21.6 Å². The fourth-order valence-corrected chi connectivity index (χ4v) is 5.59. The van der Waals surface area contributed by atoms with Gasteiger partial charge in [0, 0.05) is 0 Å². The van der Waals surface area contributed by atoms with Crippen molar-refractivity contribution in [3.05, 3.63) is 29.3 Å². The minimum Gasteiger partial charge on any atom is -0.469 e. The lowest BCUT2D eigenvalue weighted by atomic mass is 9.50. The van der Waals surface area contributed by atoms with Crippen LogP contribution < -0.4 is 4.18 Å². The van der Waals surface area contributed by atoms with Crippen LogP contribution in [0.25, 0.3) is 0 Å². The third-order valence-electron chi connectivity index (χ3n) is 6.47. The van der Waals surface area contributed by atoms with Gasteiger partial charge in [-0.2, -0.15) is 21.6 Å². The van der Waals surface area contributed by atoms with E-state index < -0.39 is 26.5 Å². The summed E-state index contributed by atoms with van der Waals surface area (Å²) in [6.07, 6.45) is 3.56. The highest BCUT2D eigenvalue weighted by atomic mass is 32.2. The molecule has 0 amide bonds. The third kappa shape index (κ3) is 3.17. The molecular formula is C19H23F3O5S. The van der Waals surface area contributed by atoms with E-state index in [0.717, 1.165) is 30.4 Å². The van der Waals surface area contributed by atoms with E-state index in [1.807, 2.05) is 13.8 Å². The van der Waals surface area contributed by atoms with Gasteiger partial charge in [0.25, 0.3) is 0 Å². The van der Waals surface area contributed by atoms with Crippen molar-refractivity contribution in [1.29, 1.82) is 0 Å². The van der Waals surface area contributed by atoms with Gasteiger partial charge < -0.3 is 8.92 Å². The maximum atomic E-state index is 12.7. The minimum atomic E-state index is -5.74. The van der Waals surface area contributed by atoms with Crippen LogP contribution in [0.5, 0.6) is 5.75 Å². The van der Waals surface area contributed by atoms with Gasteiger partial charge in [0.2, 0.25) is 0 Å². The maximum Gasteiger partial charge on any atom is 0.534 e. The van der Waals surface area contributed by atoms with Crippen LogP contribution >= 0.6 is 0 Å². The van der Waals surface area contributed by atoms with E-state index >= 15 is 0 Å². The summed E-state index contributed by atoms with van der Waals surface area (Å²) in [5.41, 5.74) is -5.01. The van der Waals surface area contributed by atoms with Crippen molar-refractivity contribution in [3.8, 4) is 5.75 Å². The number of rotatable bonds is 3. The summed E-state index contributed by atoms with van der Waals surface area (Å²) in [5.74, 6) is -0.731. The van der Waals surface area contributed by atoms with Crippen molar-refractivity contribution in [3.63, 3.8) is 0 Å². The number of halogens is 3. The van der Waals surface area contributed by atoms with Gasteiger partial charge in [0.15, 0.2) is 0 Å².